The highest BCUT2D eigenvalue weighted by Gasteiger charge is 2.20. The van der Waals surface area contributed by atoms with Gasteiger partial charge in [-0.3, -0.25) is 19.9 Å². The van der Waals surface area contributed by atoms with Gasteiger partial charge in [-0.15, -0.1) is 0 Å². The van der Waals surface area contributed by atoms with E-state index in [1.807, 2.05) is 0 Å². The third-order valence-electron chi connectivity index (χ3n) is 1.87. The number of carbonyl (C=O) groups is 1. The van der Waals surface area contributed by atoms with Crippen LogP contribution in [0.5, 0.6) is 0 Å². The van der Waals surface area contributed by atoms with Crippen molar-refractivity contribution in [3.05, 3.63) is 34.1 Å². The lowest BCUT2D eigenvalue weighted by Crippen LogP contribution is -2.22. The van der Waals surface area contributed by atoms with Crippen LogP contribution < -0.4 is 5.73 Å². The van der Waals surface area contributed by atoms with E-state index in [0.717, 1.165) is 6.20 Å². The summed E-state index contributed by atoms with van der Waals surface area (Å²) in [6.07, 6.45) is 1.01. The molecule has 1 atom stereocenters. The van der Waals surface area contributed by atoms with E-state index in [2.05, 4.69) is 4.98 Å². The summed E-state index contributed by atoms with van der Waals surface area (Å²) in [6, 6.07) is 2.50. The van der Waals surface area contributed by atoms with E-state index in [1.165, 1.54) is 12.1 Å². The minimum Gasteiger partial charge on any atom is -0.481 e. The normalized spacial score (nSPS) is 12.1. The first-order valence-corrected chi connectivity index (χ1v) is 4.09. The molecule has 1 aromatic rings. The number of carboxylic acids is 1. The predicted molar refractivity (Wildman–Crippen MR) is 50.3 cm³/mol. The number of hydrogen-bond acceptors (Lipinski definition) is 5. The van der Waals surface area contributed by atoms with Crippen LogP contribution in [0.4, 0.5) is 5.69 Å². The van der Waals surface area contributed by atoms with Gasteiger partial charge in [0.05, 0.1) is 10.6 Å². The molecular weight excluding hydrogens is 202 g/mol. The average molecular weight is 211 g/mol. The first-order chi connectivity index (χ1) is 7.06. The summed E-state index contributed by atoms with van der Waals surface area (Å²) in [4.78, 5) is 24.1. The zero-order valence-corrected chi connectivity index (χ0v) is 7.66. The molecule has 0 saturated heterocycles. The molecule has 1 rings (SSSR count). The van der Waals surface area contributed by atoms with E-state index < -0.39 is 16.8 Å². The first-order valence-electron chi connectivity index (χ1n) is 4.09. The van der Waals surface area contributed by atoms with Crippen molar-refractivity contribution in [3.63, 3.8) is 0 Å². The summed E-state index contributed by atoms with van der Waals surface area (Å²) in [5.74, 6) is -2.02. The van der Waals surface area contributed by atoms with Gasteiger partial charge in [0.15, 0.2) is 0 Å². The lowest BCUT2D eigenvalue weighted by molar-refractivity contribution is -0.385. The van der Waals surface area contributed by atoms with Crippen LogP contribution in [0, 0.1) is 10.1 Å². The van der Waals surface area contributed by atoms with Crippen molar-refractivity contribution >= 4 is 11.7 Å². The molecule has 1 unspecified atom stereocenters. The van der Waals surface area contributed by atoms with Crippen molar-refractivity contribution in [2.75, 3.05) is 6.54 Å². The van der Waals surface area contributed by atoms with Crippen LogP contribution in [-0.4, -0.2) is 27.5 Å². The van der Waals surface area contributed by atoms with E-state index in [-0.39, 0.29) is 17.9 Å². The Morgan fingerprint density at radius 3 is 2.67 bits per heavy atom. The van der Waals surface area contributed by atoms with Gasteiger partial charge in [0, 0.05) is 12.6 Å². The highest BCUT2D eigenvalue weighted by atomic mass is 16.6. The van der Waals surface area contributed by atoms with E-state index in [9.17, 15) is 14.9 Å². The van der Waals surface area contributed by atoms with Crippen molar-refractivity contribution in [1.82, 2.24) is 4.98 Å². The summed E-state index contributed by atoms with van der Waals surface area (Å²) in [5, 5.41) is 19.1. The van der Waals surface area contributed by atoms with E-state index in [4.69, 9.17) is 10.8 Å². The Balaban J connectivity index is 2.97. The number of hydrogen-bond donors (Lipinski definition) is 2. The first kappa shape index (κ1) is 11.1. The molecule has 3 N–H and O–H groups in total. The van der Waals surface area contributed by atoms with Gasteiger partial charge in [0.25, 0.3) is 5.69 Å². The molecule has 0 aromatic carbocycles. The minimum absolute atomic E-state index is 0.0971. The number of aliphatic carboxylic acids is 1. The van der Waals surface area contributed by atoms with Gasteiger partial charge in [-0.25, -0.2) is 0 Å². The summed E-state index contributed by atoms with van der Waals surface area (Å²) >= 11 is 0. The standard InChI is InChI=1S/C8H9N3O4/c9-3-6(8(12)13)7-2-1-5(4-10-7)11(14)15/h1-2,4,6H,3,9H2,(H,12,13). The largest absolute Gasteiger partial charge is 0.481 e. The molecule has 1 aromatic heterocycles. The highest BCUT2D eigenvalue weighted by Crippen LogP contribution is 2.15. The van der Waals surface area contributed by atoms with Crippen LogP contribution in [0.1, 0.15) is 11.6 Å². The lowest BCUT2D eigenvalue weighted by Gasteiger charge is -2.07. The molecule has 0 aliphatic heterocycles. The maximum absolute atomic E-state index is 10.7. The Labute approximate surface area is 84.7 Å². The smallest absolute Gasteiger partial charge is 0.313 e. The fourth-order valence-corrected chi connectivity index (χ4v) is 1.06. The number of nitro groups is 1. The molecule has 0 fully saturated rings. The lowest BCUT2D eigenvalue weighted by atomic mass is 10.1. The van der Waals surface area contributed by atoms with Crippen LogP contribution in [0.3, 0.4) is 0 Å². The van der Waals surface area contributed by atoms with Gasteiger partial charge in [-0.2, -0.15) is 0 Å². The molecule has 80 valence electrons. The molecule has 15 heavy (non-hydrogen) atoms. The molecule has 0 spiro atoms. The second-order valence-electron chi connectivity index (χ2n) is 2.82. The van der Waals surface area contributed by atoms with Gasteiger partial charge in [-0.05, 0) is 6.07 Å². The quantitative estimate of drug-likeness (QED) is 0.539. The molecule has 1 heterocycles. The number of carboxylic acid groups (broad SMARTS) is 1. The van der Waals surface area contributed by atoms with E-state index in [0.29, 0.717) is 0 Å². The zero-order valence-electron chi connectivity index (χ0n) is 7.66. The fourth-order valence-electron chi connectivity index (χ4n) is 1.06. The van der Waals surface area contributed by atoms with Gasteiger partial charge in [-0.1, -0.05) is 0 Å². The molecule has 0 bridgehead atoms. The van der Waals surface area contributed by atoms with Crippen molar-refractivity contribution in [3.8, 4) is 0 Å². The second-order valence-corrected chi connectivity index (χ2v) is 2.82. The number of nitrogens with two attached hydrogens (primary N) is 1. The molecule has 7 nitrogen and oxygen atoms in total. The monoisotopic (exact) mass is 211 g/mol. The number of pyridine rings is 1. The number of nitrogens with zero attached hydrogens (tertiary/aromatic N) is 2. The van der Waals surface area contributed by atoms with Crippen molar-refractivity contribution in [2.24, 2.45) is 5.73 Å². The summed E-state index contributed by atoms with van der Waals surface area (Å²) in [7, 11) is 0. The minimum atomic E-state index is -1.10. The Hall–Kier alpha value is -2.02. The van der Waals surface area contributed by atoms with Crippen LogP contribution >= 0.6 is 0 Å². The molecular formula is C8H9N3O4. The zero-order chi connectivity index (χ0) is 11.4. The maximum Gasteiger partial charge on any atom is 0.313 e. The Kier molecular flexibility index (Phi) is 3.29. The van der Waals surface area contributed by atoms with Crippen LogP contribution in [0.25, 0.3) is 0 Å². The molecule has 0 saturated carbocycles. The Bertz CT molecular complexity index is 376. The van der Waals surface area contributed by atoms with Gasteiger partial charge >= 0.3 is 5.97 Å². The Morgan fingerprint density at radius 2 is 2.33 bits per heavy atom. The van der Waals surface area contributed by atoms with Crippen LogP contribution in [0.2, 0.25) is 0 Å². The summed E-state index contributed by atoms with van der Waals surface area (Å²) < 4.78 is 0. The number of rotatable bonds is 4. The molecule has 0 aliphatic carbocycles. The van der Waals surface area contributed by atoms with Crippen molar-refractivity contribution < 1.29 is 14.8 Å². The third-order valence-corrected chi connectivity index (χ3v) is 1.87. The van der Waals surface area contributed by atoms with Crippen LogP contribution in [-0.2, 0) is 4.79 Å². The SMILES string of the molecule is NCC(C(=O)O)c1ccc([N+](=O)[O-])cn1. The highest BCUT2D eigenvalue weighted by molar-refractivity contribution is 5.75. The molecule has 0 aliphatic rings. The van der Waals surface area contributed by atoms with Crippen LogP contribution in [0.15, 0.2) is 18.3 Å². The molecule has 0 radical (unpaired) electrons. The van der Waals surface area contributed by atoms with Crippen molar-refractivity contribution in [1.29, 1.82) is 0 Å². The predicted octanol–water partition coefficient (Wildman–Crippen LogP) is 0.117. The van der Waals surface area contributed by atoms with Gasteiger partial charge < -0.3 is 10.8 Å². The second kappa shape index (κ2) is 4.47. The average Bonchev–Trinajstić information content (AvgIpc) is 2.19. The summed E-state index contributed by atoms with van der Waals surface area (Å²) in [6.45, 7) is -0.0971. The third kappa shape index (κ3) is 2.47. The van der Waals surface area contributed by atoms with E-state index in [1.54, 1.807) is 0 Å². The summed E-state index contributed by atoms with van der Waals surface area (Å²) in [5.41, 5.74) is 5.29. The number of aromatic nitrogens is 1. The van der Waals surface area contributed by atoms with E-state index >= 15 is 0 Å². The molecule has 7 heteroatoms. The molecule has 0 amide bonds. The topological polar surface area (TPSA) is 119 Å². The van der Waals surface area contributed by atoms with Gasteiger partial charge in [0.1, 0.15) is 12.1 Å². The van der Waals surface area contributed by atoms with Gasteiger partial charge in [0.2, 0.25) is 0 Å². The Morgan fingerprint density at radius 1 is 1.67 bits per heavy atom. The van der Waals surface area contributed by atoms with Crippen molar-refractivity contribution in [2.45, 2.75) is 5.92 Å². The fraction of sp³-hybridized carbons (Fsp3) is 0.250. The maximum atomic E-state index is 10.7.